The van der Waals surface area contributed by atoms with Crippen LogP contribution in [0.15, 0.2) is 18.2 Å². The molecule has 0 spiro atoms. The van der Waals surface area contributed by atoms with E-state index < -0.39 is 0 Å². The Hall–Kier alpha value is -1.38. The number of benzene rings is 1. The SMILES string of the molecule is CCOc1ccc(OCC)c(NC2CCC(CC)CC2)c1. The Balaban J connectivity index is 2.04. The standard InChI is InChI=1S/C18H29NO2/c1-4-14-7-9-15(10-8-14)19-17-13-16(20-5-2)11-12-18(17)21-6-3/h11-15,19H,4-10H2,1-3H3. The minimum Gasteiger partial charge on any atom is -0.494 e. The highest BCUT2D eigenvalue weighted by molar-refractivity contribution is 5.60. The van der Waals surface area contributed by atoms with Gasteiger partial charge < -0.3 is 14.8 Å². The minimum absolute atomic E-state index is 0.559. The van der Waals surface area contributed by atoms with Gasteiger partial charge in [-0.3, -0.25) is 0 Å². The molecule has 0 bridgehead atoms. The zero-order valence-electron chi connectivity index (χ0n) is 13.7. The second kappa shape index (κ2) is 8.16. The van der Waals surface area contributed by atoms with Crippen LogP contribution in [0.4, 0.5) is 5.69 Å². The van der Waals surface area contributed by atoms with Crippen molar-refractivity contribution in [1.29, 1.82) is 0 Å². The molecule has 0 aromatic heterocycles. The largest absolute Gasteiger partial charge is 0.494 e. The summed E-state index contributed by atoms with van der Waals surface area (Å²) in [6.45, 7) is 7.71. The van der Waals surface area contributed by atoms with Crippen molar-refractivity contribution in [3.05, 3.63) is 18.2 Å². The fraction of sp³-hybridized carbons (Fsp3) is 0.667. The van der Waals surface area contributed by atoms with Gasteiger partial charge in [0.1, 0.15) is 11.5 Å². The fourth-order valence-corrected chi connectivity index (χ4v) is 3.09. The molecule has 118 valence electrons. The van der Waals surface area contributed by atoms with Crippen LogP contribution in [0.1, 0.15) is 52.9 Å². The second-order valence-electron chi connectivity index (χ2n) is 5.79. The first-order valence-electron chi connectivity index (χ1n) is 8.42. The number of hydrogen-bond acceptors (Lipinski definition) is 3. The van der Waals surface area contributed by atoms with Gasteiger partial charge in [0, 0.05) is 12.1 Å². The van der Waals surface area contributed by atoms with Gasteiger partial charge in [-0.15, -0.1) is 0 Å². The lowest BCUT2D eigenvalue weighted by molar-refractivity contribution is 0.322. The summed E-state index contributed by atoms with van der Waals surface area (Å²) >= 11 is 0. The molecular formula is C18H29NO2. The van der Waals surface area contributed by atoms with Crippen molar-refractivity contribution in [2.45, 2.75) is 58.9 Å². The maximum absolute atomic E-state index is 5.74. The van der Waals surface area contributed by atoms with Crippen LogP contribution in [0.3, 0.4) is 0 Å². The molecule has 0 atom stereocenters. The molecule has 1 N–H and O–H groups in total. The van der Waals surface area contributed by atoms with Crippen molar-refractivity contribution >= 4 is 5.69 Å². The Bertz CT molecular complexity index is 425. The molecule has 0 heterocycles. The lowest BCUT2D eigenvalue weighted by Gasteiger charge is -2.29. The maximum atomic E-state index is 5.74. The van der Waals surface area contributed by atoms with Gasteiger partial charge >= 0.3 is 0 Å². The van der Waals surface area contributed by atoms with Crippen molar-refractivity contribution in [2.75, 3.05) is 18.5 Å². The van der Waals surface area contributed by atoms with E-state index in [-0.39, 0.29) is 0 Å². The third-order valence-corrected chi connectivity index (χ3v) is 4.35. The van der Waals surface area contributed by atoms with Crippen LogP contribution < -0.4 is 14.8 Å². The third-order valence-electron chi connectivity index (χ3n) is 4.35. The molecular weight excluding hydrogens is 262 g/mol. The molecule has 3 heteroatoms. The molecule has 0 unspecified atom stereocenters. The molecule has 1 aromatic carbocycles. The highest BCUT2D eigenvalue weighted by Crippen LogP contribution is 2.33. The lowest BCUT2D eigenvalue weighted by atomic mass is 9.84. The maximum Gasteiger partial charge on any atom is 0.142 e. The monoisotopic (exact) mass is 291 g/mol. The van der Waals surface area contributed by atoms with Crippen molar-refractivity contribution in [2.24, 2.45) is 5.92 Å². The molecule has 1 fully saturated rings. The molecule has 1 saturated carbocycles. The van der Waals surface area contributed by atoms with E-state index in [0.29, 0.717) is 19.3 Å². The number of rotatable bonds is 7. The molecule has 0 amide bonds. The van der Waals surface area contributed by atoms with Crippen LogP contribution in [0.5, 0.6) is 11.5 Å². The summed E-state index contributed by atoms with van der Waals surface area (Å²) in [5.74, 6) is 2.76. The Kier molecular flexibility index (Phi) is 6.21. The first kappa shape index (κ1) is 16.0. The zero-order chi connectivity index (χ0) is 15.1. The summed E-state index contributed by atoms with van der Waals surface area (Å²) in [7, 11) is 0. The molecule has 0 saturated heterocycles. The molecule has 21 heavy (non-hydrogen) atoms. The van der Waals surface area contributed by atoms with E-state index in [1.165, 1.54) is 32.1 Å². The van der Waals surface area contributed by atoms with E-state index in [9.17, 15) is 0 Å². The van der Waals surface area contributed by atoms with Crippen LogP contribution >= 0.6 is 0 Å². The van der Waals surface area contributed by atoms with Crippen LogP contribution in [0.2, 0.25) is 0 Å². The average Bonchev–Trinajstić information content (AvgIpc) is 2.51. The number of nitrogens with one attached hydrogen (secondary N) is 1. The number of ether oxygens (including phenoxy) is 2. The summed E-state index contributed by atoms with van der Waals surface area (Å²) in [6.07, 6.45) is 6.50. The van der Waals surface area contributed by atoms with Crippen LogP contribution in [-0.2, 0) is 0 Å². The van der Waals surface area contributed by atoms with Gasteiger partial charge in [-0.1, -0.05) is 13.3 Å². The van der Waals surface area contributed by atoms with Gasteiger partial charge in [-0.2, -0.15) is 0 Å². The first-order chi connectivity index (χ1) is 10.3. The molecule has 1 aliphatic carbocycles. The van der Waals surface area contributed by atoms with E-state index >= 15 is 0 Å². The average molecular weight is 291 g/mol. The summed E-state index contributed by atoms with van der Waals surface area (Å²) in [6, 6.07) is 6.62. The van der Waals surface area contributed by atoms with Gasteiger partial charge in [0.15, 0.2) is 0 Å². The third kappa shape index (κ3) is 4.55. The van der Waals surface area contributed by atoms with E-state index in [0.717, 1.165) is 23.1 Å². The number of hydrogen-bond donors (Lipinski definition) is 1. The van der Waals surface area contributed by atoms with Gasteiger partial charge in [0.2, 0.25) is 0 Å². The van der Waals surface area contributed by atoms with Crippen molar-refractivity contribution in [1.82, 2.24) is 0 Å². The topological polar surface area (TPSA) is 30.5 Å². The lowest BCUT2D eigenvalue weighted by Crippen LogP contribution is -2.26. The number of anilines is 1. The minimum atomic E-state index is 0.559. The van der Waals surface area contributed by atoms with E-state index in [1.54, 1.807) is 0 Å². The van der Waals surface area contributed by atoms with Crippen LogP contribution in [-0.4, -0.2) is 19.3 Å². The smallest absolute Gasteiger partial charge is 0.142 e. The quantitative estimate of drug-likeness (QED) is 0.778. The normalized spacial score (nSPS) is 21.9. The highest BCUT2D eigenvalue weighted by Gasteiger charge is 2.20. The predicted molar refractivity (Wildman–Crippen MR) is 88.4 cm³/mol. The molecule has 0 radical (unpaired) electrons. The van der Waals surface area contributed by atoms with Gasteiger partial charge in [0.25, 0.3) is 0 Å². The molecule has 1 aromatic rings. The molecule has 1 aliphatic rings. The van der Waals surface area contributed by atoms with Gasteiger partial charge in [-0.25, -0.2) is 0 Å². The molecule has 0 aliphatic heterocycles. The summed E-state index contributed by atoms with van der Waals surface area (Å²) < 4.78 is 11.3. The van der Waals surface area contributed by atoms with Gasteiger partial charge in [0.05, 0.1) is 18.9 Å². The Morgan fingerprint density at radius 2 is 1.71 bits per heavy atom. The summed E-state index contributed by atoms with van der Waals surface area (Å²) in [5, 5.41) is 3.67. The second-order valence-corrected chi connectivity index (χ2v) is 5.79. The van der Waals surface area contributed by atoms with Crippen LogP contribution in [0, 0.1) is 5.92 Å². The fourth-order valence-electron chi connectivity index (χ4n) is 3.09. The van der Waals surface area contributed by atoms with Crippen molar-refractivity contribution in [3.63, 3.8) is 0 Å². The molecule has 2 rings (SSSR count). The Morgan fingerprint density at radius 3 is 2.33 bits per heavy atom. The first-order valence-corrected chi connectivity index (χ1v) is 8.42. The Labute approximate surface area is 129 Å². The summed E-state index contributed by atoms with van der Waals surface area (Å²) in [5.41, 5.74) is 1.07. The zero-order valence-corrected chi connectivity index (χ0v) is 13.7. The molecule has 3 nitrogen and oxygen atoms in total. The van der Waals surface area contributed by atoms with E-state index in [2.05, 4.69) is 18.3 Å². The Morgan fingerprint density at radius 1 is 1.00 bits per heavy atom. The van der Waals surface area contributed by atoms with Crippen molar-refractivity contribution in [3.8, 4) is 11.5 Å². The predicted octanol–water partition coefficient (Wildman–Crippen LogP) is 4.86. The van der Waals surface area contributed by atoms with Crippen LogP contribution in [0.25, 0.3) is 0 Å². The van der Waals surface area contributed by atoms with Crippen molar-refractivity contribution < 1.29 is 9.47 Å². The van der Waals surface area contributed by atoms with Gasteiger partial charge in [-0.05, 0) is 57.6 Å². The van der Waals surface area contributed by atoms with E-state index in [1.807, 2.05) is 26.0 Å². The summed E-state index contributed by atoms with van der Waals surface area (Å²) in [4.78, 5) is 0. The van der Waals surface area contributed by atoms with E-state index in [4.69, 9.17) is 9.47 Å². The highest BCUT2D eigenvalue weighted by atomic mass is 16.5.